The van der Waals surface area contributed by atoms with Crippen LogP contribution in [0.25, 0.3) is 0 Å². The molecule has 1 aliphatic heterocycles. The standard InChI is InChI=1S/C12H17N5/c1-17(2)11-5-3-10(4-6-11)9-15-16-12-13-7-8-14-12/h3-6,9H,7-8H2,1-2H3,(H2,13,14,16)/b15-9-. The van der Waals surface area contributed by atoms with Crippen molar-refractivity contribution in [3.63, 3.8) is 0 Å². The topological polar surface area (TPSA) is 52.0 Å². The Bertz CT molecular complexity index is 419. The van der Waals surface area contributed by atoms with E-state index < -0.39 is 0 Å². The summed E-state index contributed by atoms with van der Waals surface area (Å²) in [5.74, 6) is 0.742. The van der Waals surface area contributed by atoms with Gasteiger partial charge in [0.1, 0.15) is 0 Å². The smallest absolute Gasteiger partial charge is 0.212 e. The lowest BCUT2D eigenvalue weighted by Crippen LogP contribution is -2.30. The van der Waals surface area contributed by atoms with Crippen molar-refractivity contribution in [2.24, 2.45) is 10.1 Å². The van der Waals surface area contributed by atoms with Crippen LogP contribution in [-0.4, -0.2) is 39.4 Å². The average Bonchev–Trinajstić information content (AvgIpc) is 2.83. The minimum Gasteiger partial charge on any atom is -0.378 e. The summed E-state index contributed by atoms with van der Waals surface area (Å²) in [5, 5.41) is 7.20. The Kier molecular flexibility index (Phi) is 3.59. The monoisotopic (exact) mass is 231 g/mol. The summed E-state index contributed by atoms with van der Waals surface area (Å²) in [6.45, 7) is 1.70. The fourth-order valence-electron chi connectivity index (χ4n) is 1.50. The maximum absolute atomic E-state index is 4.18. The molecule has 2 rings (SSSR count). The van der Waals surface area contributed by atoms with E-state index in [9.17, 15) is 0 Å². The normalized spacial score (nSPS) is 14.6. The zero-order valence-corrected chi connectivity index (χ0v) is 10.1. The molecule has 0 aliphatic carbocycles. The van der Waals surface area contributed by atoms with Gasteiger partial charge in [-0.2, -0.15) is 5.10 Å². The van der Waals surface area contributed by atoms with Crippen LogP contribution in [0.2, 0.25) is 0 Å². The van der Waals surface area contributed by atoms with Crippen LogP contribution in [0.3, 0.4) is 0 Å². The van der Waals surface area contributed by atoms with Gasteiger partial charge in [0.05, 0.1) is 12.8 Å². The Balaban J connectivity index is 1.91. The van der Waals surface area contributed by atoms with Gasteiger partial charge in [-0.3, -0.25) is 0 Å². The maximum atomic E-state index is 4.18. The third-order valence-electron chi connectivity index (χ3n) is 2.47. The van der Waals surface area contributed by atoms with Crippen LogP contribution in [0.5, 0.6) is 0 Å². The highest BCUT2D eigenvalue weighted by Crippen LogP contribution is 2.10. The summed E-state index contributed by atoms with van der Waals surface area (Å²) >= 11 is 0. The molecule has 0 fully saturated rings. The Morgan fingerprint density at radius 1 is 1.35 bits per heavy atom. The lowest BCUT2D eigenvalue weighted by molar-refractivity contribution is 0.920. The van der Waals surface area contributed by atoms with E-state index >= 15 is 0 Å². The lowest BCUT2D eigenvalue weighted by Gasteiger charge is -2.11. The summed E-state index contributed by atoms with van der Waals surface area (Å²) in [4.78, 5) is 6.24. The molecule has 1 heterocycles. The van der Waals surface area contributed by atoms with Crippen molar-refractivity contribution in [1.82, 2.24) is 10.7 Å². The number of aliphatic imine (C=N–C) groups is 1. The number of hydrogen-bond acceptors (Lipinski definition) is 5. The zero-order chi connectivity index (χ0) is 12.1. The fraction of sp³-hybridized carbons (Fsp3) is 0.333. The zero-order valence-electron chi connectivity index (χ0n) is 10.1. The molecule has 0 unspecified atom stereocenters. The summed E-state index contributed by atoms with van der Waals surface area (Å²) in [7, 11) is 4.04. The molecule has 0 bridgehead atoms. The van der Waals surface area contributed by atoms with Gasteiger partial charge in [-0.25, -0.2) is 10.4 Å². The molecule has 90 valence electrons. The van der Waals surface area contributed by atoms with Crippen LogP contribution < -0.4 is 15.6 Å². The van der Waals surface area contributed by atoms with Crippen LogP contribution >= 0.6 is 0 Å². The highest BCUT2D eigenvalue weighted by atomic mass is 15.4. The van der Waals surface area contributed by atoms with E-state index in [1.54, 1.807) is 6.21 Å². The SMILES string of the molecule is CN(C)c1ccc(/C=N\NC2=NCCN2)cc1. The van der Waals surface area contributed by atoms with E-state index in [0.717, 1.165) is 24.6 Å². The van der Waals surface area contributed by atoms with Crippen LogP contribution in [-0.2, 0) is 0 Å². The number of nitrogens with one attached hydrogen (secondary N) is 2. The lowest BCUT2D eigenvalue weighted by atomic mass is 10.2. The highest BCUT2D eigenvalue weighted by Gasteiger charge is 2.01. The molecular weight excluding hydrogens is 214 g/mol. The van der Waals surface area contributed by atoms with Gasteiger partial charge in [-0.1, -0.05) is 12.1 Å². The van der Waals surface area contributed by atoms with Crippen LogP contribution in [0.4, 0.5) is 5.69 Å². The first-order valence-electron chi connectivity index (χ1n) is 5.60. The third-order valence-corrected chi connectivity index (χ3v) is 2.47. The molecule has 0 aromatic heterocycles. The minimum absolute atomic E-state index is 0.742. The van der Waals surface area contributed by atoms with Gasteiger partial charge in [0, 0.05) is 26.3 Å². The summed E-state index contributed by atoms with van der Waals surface area (Å²) in [5.41, 5.74) is 5.10. The molecular formula is C12H17N5. The Morgan fingerprint density at radius 2 is 2.12 bits per heavy atom. The highest BCUT2D eigenvalue weighted by molar-refractivity contribution is 5.84. The molecule has 0 saturated carbocycles. The van der Waals surface area contributed by atoms with Gasteiger partial charge in [0.15, 0.2) is 0 Å². The van der Waals surface area contributed by atoms with Gasteiger partial charge in [0.2, 0.25) is 5.96 Å². The molecule has 0 atom stereocenters. The molecule has 1 aromatic carbocycles. The predicted molar refractivity (Wildman–Crippen MR) is 71.8 cm³/mol. The Morgan fingerprint density at radius 3 is 2.71 bits per heavy atom. The Hall–Kier alpha value is -2.04. The maximum Gasteiger partial charge on any atom is 0.212 e. The second-order valence-corrected chi connectivity index (χ2v) is 4.01. The molecule has 1 aliphatic rings. The first kappa shape index (κ1) is 11.4. The average molecular weight is 231 g/mol. The predicted octanol–water partition coefficient (Wildman–Crippen LogP) is 0.635. The van der Waals surface area contributed by atoms with Crippen molar-refractivity contribution in [2.75, 3.05) is 32.1 Å². The molecule has 17 heavy (non-hydrogen) atoms. The molecule has 5 nitrogen and oxygen atoms in total. The number of anilines is 1. The van der Waals surface area contributed by atoms with Crippen molar-refractivity contribution < 1.29 is 0 Å². The van der Waals surface area contributed by atoms with E-state index in [1.165, 1.54) is 5.69 Å². The van der Waals surface area contributed by atoms with Crippen LogP contribution in [0.15, 0.2) is 34.4 Å². The van der Waals surface area contributed by atoms with E-state index in [4.69, 9.17) is 0 Å². The van der Waals surface area contributed by atoms with Gasteiger partial charge in [-0.05, 0) is 17.7 Å². The van der Waals surface area contributed by atoms with Crippen molar-refractivity contribution in [3.8, 4) is 0 Å². The molecule has 1 aromatic rings. The third kappa shape index (κ3) is 3.21. The number of benzene rings is 1. The first-order chi connectivity index (χ1) is 8.25. The summed E-state index contributed by atoms with van der Waals surface area (Å²) in [6, 6.07) is 8.19. The molecule has 5 heteroatoms. The molecule has 0 spiro atoms. The van der Waals surface area contributed by atoms with E-state index in [2.05, 4.69) is 37.9 Å². The molecule has 0 radical (unpaired) electrons. The molecule has 0 saturated heterocycles. The van der Waals surface area contributed by atoms with Gasteiger partial charge in [-0.15, -0.1) is 0 Å². The Labute approximate surface area is 101 Å². The van der Waals surface area contributed by atoms with Crippen molar-refractivity contribution in [1.29, 1.82) is 0 Å². The van der Waals surface area contributed by atoms with E-state index in [0.29, 0.717) is 0 Å². The second-order valence-electron chi connectivity index (χ2n) is 4.01. The number of rotatable bonds is 3. The number of guanidine groups is 1. The van der Waals surface area contributed by atoms with Crippen LogP contribution in [0, 0.1) is 0 Å². The molecule has 0 amide bonds. The quantitative estimate of drug-likeness (QED) is 0.593. The fourth-order valence-corrected chi connectivity index (χ4v) is 1.50. The molecule has 2 N–H and O–H groups in total. The summed E-state index contributed by atoms with van der Waals surface area (Å²) < 4.78 is 0. The van der Waals surface area contributed by atoms with Crippen molar-refractivity contribution in [3.05, 3.63) is 29.8 Å². The summed E-state index contributed by atoms with van der Waals surface area (Å²) in [6.07, 6.45) is 1.78. The first-order valence-corrected chi connectivity index (χ1v) is 5.60. The minimum atomic E-state index is 0.742. The van der Waals surface area contributed by atoms with Gasteiger partial charge in [0.25, 0.3) is 0 Å². The van der Waals surface area contributed by atoms with Crippen molar-refractivity contribution in [2.45, 2.75) is 0 Å². The van der Waals surface area contributed by atoms with Gasteiger partial charge >= 0.3 is 0 Å². The number of nitrogens with zero attached hydrogens (tertiary/aromatic N) is 3. The second kappa shape index (κ2) is 5.34. The number of hydrazone groups is 1. The largest absolute Gasteiger partial charge is 0.378 e. The van der Waals surface area contributed by atoms with Gasteiger partial charge < -0.3 is 10.2 Å². The van der Waals surface area contributed by atoms with E-state index in [1.807, 2.05) is 26.2 Å². The van der Waals surface area contributed by atoms with Crippen molar-refractivity contribution >= 4 is 17.9 Å². The van der Waals surface area contributed by atoms with E-state index in [-0.39, 0.29) is 0 Å². The van der Waals surface area contributed by atoms with Crippen LogP contribution in [0.1, 0.15) is 5.56 Å². The number of hydrogen-bond donors (Lipinski definition) is 2.